The number of carbonyl (C=O) groups excluding carboxylic acids is 1. The van der Waals surface area contributed by atoms with Crippen LogP contribution in [0.1, 0.15) is 38.0 Å². The van der Waals surface area contributed by atoms with Gasteiger partial charge >= 0.3 is 0 Å². The minimum absolute atomic E-state index is 0.0998. The van der Waals surface area contributed by atoms with Crippen LogP contribution in [0.3, 0.4) is 0 Å². The molecule has 1 unspecified atom stereocenters. The average Bonchev–Trinajstić information content (AvgIpc) is 2.63. The molecule has 140 valence electrons. The van der Waals surface area contributed by atoms with Gasteiger partial charge in [0.05, 0.1) is 13.2 Å². The number of nitrogens with zero attached hydrogens (tertiary/aromatic N) is 1. The maximum Gasteiger partial charge on any atom is 0.136 e. The van der Waals surface area contributed by atoms with Crippen molar-refractivity contribution < 1.29 is 14.3 Å². The summed E-state index contributed by atoms with van der Waals surface area (Å²) in [5, 5.41) is 0.238. The third-order valence-corrected chi connectivity index (χ3v) is 5.60. The van der Waals surface area contributed by atoms with Crippen LogP contribution >= 0.6 is 11.8 Å². The predicted octanol–water partition coefficient (Wildman–Crippen LogP) is 3.81. The van der Waals surface area contributed by atoms with E-state index in [-0.39, 0.29) is 11.2 Å². The number of thioether (sulfide) groups is 1. The van der Waals surface area contributed by atoms with E-state index in [9.17, 15) is 4.79 Å². The maximum absolute atomic E-state index is 12.1. The Morgan fingerprint density at radius 2 is 1.92 bits per heavy atom. The SMILES string of the molecule is CCSC(CC(=O)C(C)C)c1ccc(OCCN2CCOCC2)cc1. The van der Waals surface area contributed by atoms with E-state index in [2.05, 4.69) is 24.0 Å². The highest BCUT2D eigenvalue weighted by Gasteiger charge is 2.18. The summed E-state index contributed by atoms with van der Waals surface area (Å²) in [5.74, 6) is 2.33. The van der Waals surface area contributed by atoms with Gasteiger partial charge in [-0.25, -0.2) is 0 Å². The first-order valence-corrected chi connectivity index (χ1v) is 10.3. The number of benzene rings is 1. The van der Waals surface area contributed by atoms with Crippen LogP contribution < -0.4 is 4.74 Å². The van der Waals surface area contributed by atoms with Gasteiger partial charge in [0.2, 0.25) is 0 Å². The Labute approximate surface area is 156 Å². The zero-order valence-electron chi connectivity index (χ0n) is 15.7. The molecule has 1 atom stereocenters. The van der Waals surface area contributed by atoms with Crippen LogP contribution in [0.15, 0.2) is 24.3 Å². The Morgan fingerprint density at radius 3 is 2.52 bits per heavy atom. The van der Waals surface area contributed by atoms with Crippen LogP contribution in [0.5, 0.6) is 5.75 Å². The van der Waals surface area contributed by atoms with Crippen molar-refractivity contribution in [2.24, 2.45) is 5.92 Å². The van der Waals surface area contributed by atoms with Crippen LogP contribution in [-0.4, -0.2) is 55.9 Å². The fourth-order valence-electron chi connectivity index (χ4n) is 2.79. The molecule has 0 amide bonds. The molecule has 1 aliphatic rings. The van der Waals surface area contributed by atoms with Gasteiger partial charge in [0.15, 0.2) is 0 Å². The zero-order chi connectivity index (χ0) is 18.1. The minimum Gasteiger partial charge on any atom is -0.492 e. The smallest absolute Gasteiger partial charge is 0.136 e. The van der Waals surface area contributed by atoms with Crippen LogP contribution in [0, 0.1) is 5.92 Å². The highest BCUT2D eigenvalue weighted by atomic mass is 32.2. The summed E-state index contributed by atoms with van der Waals surface area (Å²) in [5.41, 5.74) is 1.21. The fourth-order valence-corrected chi connectivity index (χ4v) is 3.82. The monoisotopic (exact) mass is 365 g/mol. The Balaban J connectivity index is 1.84. The number of Topliss-reactive ketones (excluding diaryl/α,β-unsaturated/α-hetero) is 1. The molecular weight excluding hydrogens is 334 g/mol. The van der Waals surface area contributed by atoms with Gasteiger partial charge in [0, 0.05) is 37.2 Å². The van der Waals surface area contributed by atoms with E-state index in [1.807, 2.05) is 37.7 Å². The fraction of sp³-hybridized carbons (Fsp3) is 0.650. The molecule has 0 spiro atoms. The van der Waals surface area contributed by atoms with E-state index < -0.39 is 0 Å². The molecule has 0 radical (unpaired) electrons. The number of ether oxygens (including phenoxy) is 2. The number of hydrogen-bond donors (Lipinski definition) is 0. The van der Waals surface area contributed by atoms with Crippen LogP contribution in [0.25, 0.3) is 0 Å². The second-order valence-electron chi connectivity index (χ2n) is 6.64. The lowest BCUT2D eigenvalue weighted by atomic mass is 10.0. The van der Waals surface area contributed by atoms with Gasteiger partial charge in [0.25, 0.3) is 0 Å². The largest absolute Gasteiger partial charge is 0.492 e. The number of morpholine rings is 1. The first-order chi connectivity index (χ1) is 12.1. The van der Waals surface area contributed by atoms with Gasteiger partial charge in [-0.2, -0.15) is 11.8 Å². The van der Waals surface area contributed by atoms with Gasteiger partial charge in [-0.05, 0) is 23.4 Å². The topological polar surface area (TPSA) is 38.8 Å². The molecule has 0 aromatic heterocycles. The Bertz CT molecular complexity index is 512. The second kappa shape index (κ2) is 10.8. The van der Waals surface area contributed by atoms with Crippen LogP contribution in [0.4, 0.5) is 0 Å². The van der Waals surface area contributed by atoms with Gasteiger partial charge in [0.1, 0.15) is 18.1 Å². The summed E-state index contributed by atoms with van der Waals surface area (Å²) in [6, 6.07) is 8.26. The Kier molecular flexibility index (Phi) is 8.79. The number of hydrogen-bond acceptors (Lipinski definition) is 5. The molecular formula is C20H31NO3S. The average molecular weight is 366 g/mol. The van der Waals surface area contributed by atoms with Gasteiger partial charge < -0.3 is 9.47 Å². The highest BCUT2D eigenvalue weighted by molar-refractivity contribution is 7.99. The number of carbonyl (C=O) groups is 1. The van der Waals surface area contributed by atoms with Crippen molar-refractivity contribution in [2.45, 2.75) is 32.4 Å². The number of ketones is 1. The molecule has 0 aliphatic carbocycles. The third kappa shape index (κ3) is 7.00. The lowest BCUT2D eigenvalue weighted by Crippen LogP contribution is -2.38. The van der Waals surface area contributed by atoms with E-state index in [0.29, 0.717) is 18.8 Å². The van der Waals surface area contributed by atoms with E-state index in [1.165, 1.54) is 5.56 Å². The highest BCUT2D eigenvalue weighted by Crippen LogP contribution is 2.33. The van der Waals surface area contributed by atoms with Crippen molar-refractivity contribution in [1.29, 1.82) is 0 Å². The summed E-state index contributed by atoms with van der Waals surface area (Å²) < 4.78 is 11.2. The molecule has 0 bridgehead atoms. The summed E-state index contributed by atoms with van der Waals surface area (Å²) in [6.45, 7) is 11.3. The molecule has 0 N–H and O–H groups in total. The third-order valence-electron chi connectivity index (χ3n) is 4.43. The van der Waals surface area contributed by atoms with E-state index in [4.69, 9.17) is 9.47 Å². The van der Waals surface area contributed by atoms with Crippen molar-refractivity contribution in [3.05, 3.63) is 29.8 Å². The molecule has 1 aliphatic heterocycles. The van der Waals surface area contributed by atoms with Crippen molar-refractivity contribution in [2.75, 3.05) is 45.2 Å². The zero-order valence-corrected chi connectivity index (χ0v) is 16.5. The first-order valence-electron chi connectivity index (χ1n) is 9.27. The molecule has 1 fully saturated rings. The Morgan fingerprint density at radius 1 is 1.24 bits per heavy atom. The lowest BCUT2D eigenvalue weighted by Gasteiger charge is -2.26. The Hall–Kier alpha value is -1.04. The lowest BCUT2D eigenvalue weighted by molar-refractivity contribution is -0.121. The van der Waals surface area contributed by atoms with Crippen molar-refractivity contribution >= 4 is 17.5 Å². The molecule has 5 heteroatoms. The molecule has 1 saturated heterocycles. The number of rotatable bonds is 10. The summed E-state index contributed by atoms with van der Waals surface area (Å²) in [6.07, 6.45) is 0.605. The molecule has 2 rings (SSSR count). The normalized spacial score (nSPS) is 16.8. The molecule has 0 saturated carbocycles. The first kappa shape index (κ1) is 20.3. The van der Waals surface area contributed by atoms with Crippen molar-refractivity contribution in [1.82, 2.24) is 4.90 Å². The van der Waals surface area contributed by atoms with Crippen molar-refractivity contribution in [3.63, 3.8) is 0 Å². The maximum atomic E-state index is 12.1. The van der Waals surface area contributed by atoms with Crippen molar-refractivity contribution in [3.8, 4) is 5.75 Å². The molecule has 1 aromatic carbocycles. The molecule has 1 heterocycles. The summed E-state index contributed by atoms with van der Waals surface area (Å²) >= 11 is 1.84. The predicted molar refractivity (Wildman–Crippen MR) is 105 cm³/mol. The molecule has 1 aromatic rings. The molecule has 25 heavy (non-hydrogen) atoms. The standard InChI is InChI=1S/C20H31NO3S/c1-4-25-20(15-19(22)16(2)3)17-5-7-18(8-6-17)24-14-11-21-9-12-23-13-10-21/h5-8,16,20H,4,9-15H2,1-3H3. The molecule has 4 nitrogen and oxygen atoms in total. The van der Waals surface area contributed by atoms with E-state index in [0.717, 1.165) is 44.4 Å². The van der Waals surface area contributed by atoms with E-state index in [1.54, 1.807) is 0 Å². The second-order valence-corrected chi connectivity index (χ2v) is 8.12. The van der Waals surface area contributed by atoms with Gasteiger partial charge in [-0.3, -0.25) is 9.69 Å². The van der Waals surface area contributed by atoms with Crippen LogP contribution in [-0.2, 0) is 9.53 Å². The summed E-state index contributed by atoms with van der Waals surface area (Å²) in [4.78, 5) is 14.5. The quantitative estimate of drug-likeness (QED) is 0.630. The minimum atomic E-state index is 0.0998. The van der Waals surface area contributed by atoms with E-state index >= 15 is 0 Å². The van der Waals surface area contributed by atoms with Crippen LogP contribution in [0.2, 0.25) is 0 Å². The summed E-state index contributed by atoms with van der Waals surface area (Å²) in [7, 11) is 0. The van der Waals surface area contributed by atoms with Gasteiger partial charge in [-0.15, -0.1) is 0 Å². The van der Waals surface area contributed by atoms with Gasteiger partial charge in [-0.1, -0.05) is 32.9 Å².